The topological polar surface area (TPSA) is 63.3 Å². The highest BCUT2D eigenvalue weighted by Gasteiger charge is 2.17. The van der Waals surface area contributed by atoms with Crippen LogP contribution in [0.4, 0.5) is 0 Å². The highest BCUT2D eigenvalue weighted by Crippen LogP contribution is 2.27. The average molecular weight is 241 g/mol. The molecular formula is C11H15NO3S. The standard InChI is InChI=1S/C11H15NO3S/c13-11(14)5-8-7-15-10(12-8)6-9-3-1-2-4-16-9/h7,9H,1-6H2,(H,13,14). The molecule has 1 aliphatic rings. The zero-order chi connectivity index (χ0) is 11.4. The van der Waals surface area contributed by atoms with Crippen LogP contribution in [-0.4, -0.2) is 27.1 Å². The Kier molecular flexibility index (Phi) is 3.88. The van der Waals surface area contributed by atoms with Crippen LogP contribution in [0.25, 0.3) is 0 Å². The molecule has 2 rings (SSSR count). The van der Waals surface area contributed by atoms with Gasteiger partial charge in [0.25, 0.3) is 0 Å². The summed E-state index contributed by atoms with van der Waals surface area (Å²) in [6.07, 6.45) is 6.02. The van der Waals surface area contributed by atoms with Crippen molar-refractivity contribution in [3.05, 3.63) is 17.8 Å². The molecule has 0 amide bonds. The van der Waals surface area contributed by atoms with E-state index >= 15 is 0 Å². The third-order valence-electron chi connectivity index (χ3n) is 2.61. The largest absolute Gasteiger partial charge is 0.481 e. The van der Waals surface area contributed by atoms with Crippen molar-refractivity contribution < 1.29 is 14.3 Å². The van der Waals surface area contributed by atoms with Gasteiger partial charge in [0, 0.05) is 11.7 Å². The van der Waals surface area contributed by atoms with E-state index in [4.69, 9.17) is 9.52 Å². The van der Waals surface area contributed by atoms with Gasteiger partial charge in [-0.25, -0.2) is 4.98 Å². The molecule has 1 aliphatic heterocycles. The molecule has 0 saturated carbocycles. The molecule has 0 bridgehead atoms. The molecular weight excluding hydrogens is 226 g/mol. The Hall–Kier alpha value is -0.970. The van der Waals surface area contributed by atoms with Crippen LogP contribution in [0.3, 0.4) is 0 Å². The fourth-order valence-corrected chi connectivity index (χ4v) is 3.14. The number of hydrogen-bond acceptors (Lipinski definition) is 4. The highest BCUT2D eigenvalue weighted by atomic mass is 32.2. The molecule has 88 valence electrons. The van der Waals surface area contributed by atoms with E-state index in [1.165, 1.54) is 31.3 Å². The average Bonchev–Trinajstić information content (AvgIpc) is 2.66. The van der Waals surface area contributed by atoms with Crippen molar-refractivity contribution in [3.63, 3.8) is 0 Å². The molecule has 1 aromatic heterocycles. The fraction of sp³-hybridized carbons (Fsp3) is 0.636. The minimum atomic E-state index is -0.869. The summed E-state index contributed by atoms with van der Waals surface area (Å²) in [5.74, 6) is 1.02. The maximum Gasteiger partial charge on any atom is 0.309 e. The Morgan fingerprint density at radius 3 is 3.19 bits per heavy atom. The molecule has 2 heterocycles. The second kappa shape index (κ2) is 5.39. The van der Waals surface area contributed by atoms with Crippen LogP contribution in [0.2, 0.25) is 0 Å². The number of hydrogen-bond donors (Lipinski definition) is 1. The van der Waals surface area contributed by atoms with E-state index in [-0.39, 0.29) is 6.42 Å². The Morgan fingerprint density at radius 2 is 2.50 bits per heavy atom. The third kappa shape index (κ3) is 3.27. The zero-order valence-corrected chi connectivity index (χ0v) is 9.83. The van der Waals surface area contributed by atoms with Crippen molar-refractivity contribution in [1.29, 1.82) is 0 Å². The van der Waals surface area contributed by atoms with Gasteiger partial charge in [-0.3, -0.25) is 4.79 Å². The SMILES string of the molecule is O=C(O)Cc1coc(CC2CCCCS2)n1. The lowest BCUT2D eigenvalue weighted by Crippen LogP contribution is -2.12. The van der Waals surface area contributed by atoms with Gasteiger partial charge in [0.15, 0.2) is 5.89 Å². The minimum Gasteiger partial charge on any atom is -0.481 e. The first kappa shape index (κ1) is 11.5. The van der Waals surface area contributed by atoms with E-state index in [1.54, 1.807) is 0 Å². The van der Waals surface area contributed by atoms with Gasteiger partial charge < -0.3 is 9.52 Å². The Morgan fingerprint density at radius 1 is 1.62 bits per heavy atom. The summed E-state index contributed by atoms with van der Waals surface area (Å²) in [7, 11) is 0. The lowest BCUT2D eigenvalue weighted by Gasteiger charge is -2.19. The normalized spacial score (nSPS) is 20.9. The van der Waals surface area contributed by atoms with Crippen LogP contribution in [0, 0.1) is 0 Å². The first-order chi connectivity index (χ1) is 7.74. The van der Waals surface area contributed by atoms with Crippen LogP contribution in [0.15, 0.2) is 10.7 Å². The molecule has 0 radical (unpaired) electrons. The van der Waals surface area contributed by atoms with Crippen LogP contribution in [0.1, 0.15) is 30.8 Å². The predicted molar refractivity (Wildman–Crippen MR) is 61.6 cm³/mol. The number of carboxylic acid groups (broad SMARTS) is 1. The van der Waals surface area contributed by atoms with Crippen molar-refractivity contribution >= 4 is 17.7 Å². The van der Waals surface area contributed by atoms with Gasteiger partial charge in [-0.15, -0.1) is 0 Å². The lowest BCUT2D eigenvalue weighted by molar-refractivity contribution is -0.136. The van der Waals surface area contributed by atoms with Crippen LogP contribution >= 0.6 is 11.8 Å². The molecule has 1 saturated heterocycles. The van der Waals surface area contributed by atoms with Gasteiger partial charge in [-0.05, 0) is 18.6 Å². The van der Waals surface area contributed by atoms with Crippen molar-refractivity contribution in [2.45, 2.75) is 37.4 Å². The van der Waals surface area contributed by atoms with E-state index in [0.29, 0.717) is 16.8 Å². The highest BCUT2D eigenvalue weighted by molar-refractivity contribution is 7.99. The quantitative estimate of drug-likeness (QED) is 0.874. The van der Waals surface area contributed by atoms with Crippen LogP contribution < -0.4 is 0 Å². The molecule has 0 spiro atoms. The van der Waals surface area contributed by atoms with Crippen molar-refractivity contribution in [1.82, 2.24) is 4.98 Å². The van der Waals surface area contributed by atoms with Crippen LogP contribution in [0.5, 0.6) is 0 Å². The molecule has 5 heteroatoms. The van der Waals surface area contributed by atoms with E-state index in [1.807, 2.05) is 11.8 Å². The zero-order valence-electron chi connectivity index (χ0n) is 9.02. The van der Waals surface area contributed by atoms with Crippen molar-refractivity contribution in [2.75, 3.05) is 5.75 Å². The monoisotopic (exact) mass is 241 g/mol. The molecule has 16 heavy (non-hydrogen) atoms. The van der Waals surface area contributed by atoms with Gasteiger partial charge in [-0.2, -0.15) is 11.8 Å². The van der Waals surface area contributed by atoms with Gasteiger partial charge >= 0.3 is 5.97 Å². The number of aromatic nitrogens is 1. The number of thioether (sulfide) groups is 1. The first-order valence-corrected chi connectivity index (χ1v) is 6.55. The molecule has 0 aliphatic carbocycles. The molecule has 1 unspecified atom stereocenters. The summed E-state index contributed by atoms with van der Waals surface area (Å²) in [6.45, 7) is 0. The van der Waals surface area contributed by atoms with Gasteiger partial charge in [0.05, 0.1) is 12.1 Å². The summed E-state index contributed by atoms with van der Waals surface area (Å²) >= 11 is 1.96. The van der Waals surface area contributed by atoms with E-state index < -0.39 is 5.97 Å². The fourth-order valence-electron chi connectivity index (χ4n) is 1.84. The summed E-state index contributed by atoms with van der Waals surface area (Å²) in [5, 5.41) is 9.20. The molecule has 4 nitrogen and oxygen atoms in total. The maximum absolute atomic E-state index is 10.5. The predicted octanol–water partition coefficient (Wildman–Crippen LogP) is 2.13. The molecule has 1 aromatic rings. The van der Waals surface area contributed by atoms with Crippen molar-refractivity contribution in [2.24, 2.45) is 0 Å². The number of nitrogens with zero attached hydrogens (tertiary/aromatic N) is 1. The molecule has 1 fully saturated rings. The summed E-state index contributed by atoms with van der Waals surface area (Å²) in [6, 6.07) is 0. The first-order valence-electron chi connectivity index (χ1n) is 5.50. The minimum absolute atomic E-state index is 0.0543. The number of oxazole rings is 1. The van der Waals surface area contributed by atoms with E-state index in [2.05, 4.69) is 4.98 Å². The Balaban J connectivity index is 1.88. The molecule has 1 atom stereocenters. The number of carboxylic acids is 1. The van der Waals surface area contributed by atoms with Gasteiger partial charge in [-0.1, -0.05) is 6.42 Å². The van der Waals surface area contributed by atoms with E-state index in [0.717, 1.165) is 6.42 Å². The lowest BCUT2D eigenvalue weighted by atomic mass is 10.1. The van der Waals surface area contributed by atoms with Crippen LogP contribution in [-0.2, 0) is 17.6 Å². The number of aliphatic carboxylic acids is 1. The second-order valence-electron chi connectivity index (χ2n) is 4.00. The Labute approximate surface area is 98.4 Å². The Bertz CT molecular complexity index is 358. The molecule has 0 aromatic carbocycles. The molecule has 1 N–H and O–H groups in total. The smallest absolute Gasteiger partial charge is 0.309 e. The van der Waals surface area contributed by atoms with Gasteiger partial charge in [0.2, 0.25) is 0 Å². The summed E-state index contributed by atoms with van der Waals surface area (Å²) in [4.78, 5) is 14.7. The summed E-state index contributed by atoms with van der Waals surface area (Å²) in [5.41, 5.74) is 0.517. The van der Waals surface area contributed by atoms with Gasteiger partial charge in [0.1, 0.15) is 6.26 Å². The van der Waals surface area contributed by atoms with E-state index in [9.17, 15) is 4.79 Å². The third-order valence-corrected chi connectivity index (χ3v) is 4.01. The summed E-state index contributed by atoms with van der Waals surface area (Å²) < 4.78 is 5.28. The number of rotatable bonds is 4. The second-order valence-corrected chi connectivity index (χ2v) is 5.40. The number of carbonyl (C=O) groups is 1. The van der Waals surface area contributed by atoms with Crippen molar-refractivity contribution in [3.8, 4) is 0 Å². The maximum atomic E-state index is 10.5.